The van der Waals surface area contributed by atoms with Gasteiger partial charge in [0.15, 0.2) is 0 Å². The molecule has 0 spiro atoms. The summed E-state index contributed by atoms with van der Waals surface area (Å²) < 4.78 is 29.1. The number of rotatable bonds is 3. The Labute approximate surface area is 143 Å². The van der Waals surface area contributed by atoms with Crippen LogP contribution >= 0.6 is 0 Å². The predicted octanol–water partition coefficient (Wildman–Crippen LogP) is 2.70. The largest absolute Gasteiger partial charge is 0.350 e. The van der Waals surface area contributed by atoms with Gasteiger partial charge < -0.3 is 10.2 Å². The lowest BCUT2D eigenvalue weighted by molar-refractivity contribution is 0.0939. The summed E-state index contributed by atoms with van der Waals surface area (Å²) in [6, 6.07) is 4.92. The summed E-state index contributed by atoms with van der Waals surface area (Å²) in [5.41, 5.74) is 0.994. The minimum Gasteiger partial charge on any atom is -0.350 e. The molecule has 0 aliphatic carbocycles. The van der Waals surface area contributed by atoms with E-state index >= 15 is 0 Å². The number of amidine groups is 1. The van der Waals surface area contributed by atoms with Crippen LogP contribution in [-0.4, -0.2) is 32.7 Å². The van der Waals surface area contributed by atoms with Crippen molar-refractivity contribution in [3.8, 4) is 0 Å². The molecule has 7 heteroatoms. The Morgan fingerprint density at radius 2 is 2.12 bits per heavy atom. The van der Waals surface area contributed by atoms with Crippen molar-refractivity contribution < 1.29 is 13.2 Å². The SMILES string of the molecule is CC[C@@H](C)NC(=O)c1ccc2c(c1)S(=O)(=O)N=C1CCCCCN12. The van der Waals surface area contributed by atoms with Crippen LogP contribution in [0.3, 0.4) is 0 Å². The van der Waals surface area contributed by atoms with Crippen LogP contribution < -0.4 is 10.2 Å². The number of nitrogens with zero attached hydrogens (tertiary/aromatic N) is 2. The molecule has 24 heavy (non-hydrogen) atoms. The number of hydrogen-bond donors (Lipinski definition) is 1. The van der Waals surface area contributed by atoms with Crippen molar-refractivity contribution in [2.24, 2.45) is 4.40 Å². The molecule has 6 nitrogen and oxygen atoms in total. The number of carbonyl (C=O) groups is 1. The van der Waals surface area contributed by atoms with Crippen molar-refractivity contribution in [2.45, 2.75) is 56.9 Å². The first kappa shape index (κ1) is 17.0. The molecule has 1 aromatic rings. The van der Waals surface area contributed by atoms with Gasteiger partial charge in [0.05, 0.1) is 5.69 Å². The maximum atomic E-state index is 12.5. The molecule has 3 rings (SSSR count). The zero-order valence-electron chi connectivity index (χ0n) is 14.1. The topological polar surface area (TPSA) is 78.8 Å². The molecule has 130 valence electrons. The van der Waals surface area contributed by atoms with E-state index in [1.807, 2.05) is 18.7 Å². The molecule has 0 bridgehead atoms. The van der Waals surface area contributed by atoms with E-state index in [9.17, 15) is 13.2 Å². The Balaban J connectivity index is 2.00. The average Bonchev–Trinajstić information content (AvgIpc) is 2.79. The molecule has 1 fully saturated rings. The number of benzene rings is 1. The van der Waals surface area contributed by atoms with Crippen LogP contribution in [0.25, 0.3) is 0 Å². The summed E-state index contributed by atoms with van der Waals surface area (Å²) in [6.45, 7) is 4.67. The highest BCUT2D eigenvalue weighted by molar-refractivity contribution is 7.90. The molecule has 2 aliphatic rings. The van der Waals surface area contributed by atoms with Crippen molar-refractivity contribution in [3.05, 3.63) is 23.8 Å². The Morgan fingerprint density at radius 1 is 1.33 bits per heavy atom. The first-order chi connectivity index (χ1) is 11.4. The van der Waals surface area contributed by atoms with Crippen LogP contribution in [0, 0.1) is 0 Å². The summed E-state index contributed by atoms with van der Waals surface area (Å²) in [5, 5.41) is 2.86. The van der Waals surface area contributed by atoms with E-state index in [0.717, 1.165) is 32.2 Å². The van der Waals surface area contributed by atoms with Crippen LogP contribution in [0.15, 0.2) is 27.5 Å². The fourth-order valence-corrected chi connectivity index (χ4v) is 4.31. The lowest BCUT2D eigenvalue weighted by atomic mass is 10.1. The van der Waals surface area contributed by atoms with Gasteiger partial charge in [-0.2, -0.15) is 8.42 Å². The van der Waals surface area contributed by atoms with Crippen LogP contribution in [-0.2, 0) is 10.0 Å². The van der Waals surface area contributed by atoms with Crippen LogP contribution in [0.5, 0.6) is 0 Å². The molecule has 2 heterocycles. The first-order valence-corrected chi connectivity index (χ1v) is 9.92. The van der Waals surface area contributed by atoms with E-state index in [0.29, 0.717) is 23.5 Å². The highest BCUT2D eigenvalue weighted by Gasteiger charge is 2.32. The third-order valence-electron chi connectivity index (χ3n) is 4.60. The van der Waals surface area contributed by atoms with Crippen LogP contribution in [0.1, 0.15) is 56.3 Å². The molecule has 0 saturated carbocycles. The maximum Gasteiger partial charge on any atom is 0.286 e. The van der Waals surface area contributed by atoms with Gasteiger partial charge in [-0.1, -0.05) is 13.3 Å². The number of carbonyl (C=O) groups excluding carboxylic acids is 1. The fraction of sp³-hybridized carbons (Fsp3) is 0.529. The van der Waals surface area contributed by atoms with E-state index < -0.39 is 10.0 Å². The maximum absolute atomic E-state index is 12.5. The zero-order chi connectivity index (χ0) is 17.3. The standard InChI is InChI=1S/C17H23N3O3S/c1-3-12(2)18-17(21)13-8-9-14-15(11-13)24(22,23)19-16-7-5-4-6-10-20(14)16/h8-9,11-12H,3-7,10H2,1-2H3,(H,18,21)/t12-/m1/s1. The highest BCUT2D eigenvalue weighted by atomic mass is 32.2. The highest BCUT2D eigenvalue weighted by Crippen LogP contribution is 2.34. The van der Waals surface area contributed by atoms with E-state index in [1.54, 1.807) is 12.1 Å². The lowest BCUT2D eigenvalue weighted by Crippen LogP contribution is -2.36. The van der Waals surface area contributed by atoms with Gasteiger partial charge in [-0.25, -0.2) is 0 Å². The minimum atomic E-state index is -3.75. The van der Waals surface area contributed by atoms with Crippen molar-refractivity contribution >= 4 is 27.5 Å². The average molecular weight is 349 g/mol. The Kier molecular flexibility index (Phi) is 4.62. The van der Waals surface area contributed by atoms with E-state index in [4.69, 9.17) is 0 Å². The first-order valence-electron chi connectivity index (χ1n) is 8.48. The van der Waals surface area contributed by atoms with Crippen LogP contribution in [0.2, 0.25) is 0 Å². The Bertz CT molecular complexity index is 786. The van der Waals surface area contributed by atoms with E-state index in [1.165, 1.54) is 6.07 Å². The second-order valence-corrected chi connectivity index (χ2v) is 7.98. The quantitative estimate of drug-likeness (QED) is 0.910. The number of anilines is 1. The summed E-state index contributed by atoms with van der Waals surface area (Å²) in [7, 11) is -3.75. The Morgan fingerprint density at radius 3 is 2.88 bits per heavy atom. The monoisotopic (exact) mass is 349 g/mol. The molecular weight excluding hydrogens is 326 g/mol. The summed E-state index contributed by atoms with van der Waals surface area (Å²) in [4.78, 5) is 14.4. The van der Waals surface area contributed by atoms with E-state index in [-0.39, 0.29) is 16.8 Å². The summed E-state index contributed by atoms with van der Waals surface area (Å²) in [6.07, 6.45) is 4.52. The van der Waals surface area contributed by atoms with Gasteiger partial charge in [0.25, 0.3) is 15.9 Å². The molecule has 0 unspecified atom stereocenters. The van der Waals surface area contributed by atoms with Gasteiger partial charge in [0, 0.05) is 24.6 Å². The summed E-state index contributed by atoms with van der Waals surface area (Å²) in [5.74, 6) is 0.366. The predicted molar refractivity (Wildman–Crippen MR) is 94.1 cm³/mol. The minimum absolute atomic E-state index is 0.0420. The number of fused-ring (bicyclic) bond motifs is 3. The molecule has 1 N–H and O–H groups in total. The van der Waals surface area contributed by atoms with Crippen molar-refractivity contribution in [1.29, 1.82) is 0 Å². The molecule has 1 atom stereocenters. The van der Waals surface area contributed by atoms with Gasteiger partial charge >= 0.3 is 0 Å². The molecular formula is C17H23N3O3S. The molecule has 0 radical (unpaired) electrons. The second-order valence-electron chi connectivity index (χ2n) is 6.41. The van der Waals surface area contributed by atoms with Gasteiger partial charge in [-0.15, -0.1) is 4.40 Å². The third-order valence-corrected chi connectivity index (χ3v) is 5.93. The van der Waals surface area contributed by atoms with Gasteiger partial charge in [-0.05, 0) is 44.4 Å². The van der Waals surface area contributed by atoms with Crippen molar-refractivity contribution in [1.82, 2.24) is 5.32 Å². The lowest BCUT2D eigenvalue weighted by Gasteiger charge is -2.29. The van der Waals surface area contributed by atoms with Gasteiger partial charge in [0.2, 0.25) is 0 Å². The molecule has 1 aromatic carbocycles. The third kappa shape index (κ3) is 3.17. The van der Waals surface area contributed by atoms with Gasteiger partial charge in [0.1, 0.15) is 10.7 Å². The van der Waals surface area contributed by atoms with Crippen molar-refractivity contribution in [2.75, 3.05) is 11.4 Å². The number of nitrogens with one attached hydrogen (secondary N) is 1. The number of amides is 1. The molecule has 0 aromatic heterocycles. The molecule has 2 aliphatic heterocycles. The smallest absolute Gasteiger partial charge is 0.286 e. The fourth-order valence-electron chi connectivity index (χ4n) is 3.03. The Hall–Kier alpha value is -1.89. The molecule has 1 amide bonds. The zero-order valence-corrected chi connectivity index (χ0v) is 14.9. The summed E-state index contributed by atoms with van der Waals surface area (Å²) >= 11 is 0. The number of hydrogen-bond acceptors (Lipinski definition) is 4. The van der Waals surface area contributed by atoms with Crippen LogP contribution in [0.4, 0.5) is 5.69 Å². The van der Waals surface area contributed by atoms with Crippen molar-refractivity contribution in [3.63, 3.8) is 0 Å². The normalized spacial score (nSPS) is 20.2. The second kappa shape index (κ2) is 6.55. The molecule has 1 saturated heterocycles. The van der Waals surface area contributed by atoms with Gasteiger partial charge in [-0.3, -0.25) is 4.79 Å². The number of sulfonamides is 1. The van der Waals surface area contributed by atoms with E-state index in [2.05, 4.69) is 9.71 Å².